The van der Waals surface area contributed by atoms with E-state index < -0.39 is 15.9 Å². The second kappa shape index (κ2) is 8.85. The van der Waals surface area contributed by atoms with Crippen molar-refractivity contribution >= 4 is 33.2 Å². The van der Waals surface area contributed by atoms with Crippen molar-refractivity contribution in [3.05, 3.63) is 52.2 Å². The molecule has 1 aromatic carbocycles. The molecular formula is C19H23N3O4S2. The molecule has 1 aliphatic rings. The summed E-state index contributed by atoms with van der Waals surface area (Å²) in [4.78, 5) is 25.5. The van der Waals surface area contributed by atoms with Gasteiger partial charge in [0, 0.05) is 18.0 Å². The summed E-state index contributed by atoms with van der Waals surface area (Å²) in [6.45, 7) is 2.37. The van der Waals surface area contributed by atoms with Gasteiger partial charge in [0.05, 0.1) is 17.2 Å². The Labute approximate surface area is 168 Å². The Morgan fingerprint density at radius 2 is 1.93 bits per heavy atom. The summed E-state index contributed by atoms with van der Waals surface area (Å²) >= 11 is 1.47. The van der Waals surface area contributed by atoms with Crippen LogP contribution in [0.1, 0.15) is 23.3 Å². The SMILES string of the molecule is Cc1ccc(S(=O)(=O)N2CCC[C@H](C(=O)NNC(=O)Cc3cccs3)C2)cc1. The molecule has 0 radical (unpaired) electrons. The molecule has 2 N–H and O–H groups in total. The largest absolute Gasteiger partial charge is 0.273 e. The van der Waals surface area contributed by atoms with E-state index in [4.69, 9.17) is 0 Å². The Hall–Kier alpha value is -2.23. The van der Waals surface area contributed by atoms with Crippen molar-refractivity contribution in [2.24, 2.45) is 5.92 Å². The van der Waals surface area contributed by atoms with Crippen molar-refractivity contribution in [1.29, 1.82) is 0 Å². The van der Waals surface area contributed by atoms with Crippen molar-refractivity contribution < 1.29 is 18.0 Å². The summed E-state index contributed by atoms with van der Waals surface area (Å²) in [7, 11) is -3.64. The third-order valence-electron chi connectivity index (χ3n) is 4.65. The van der Waals surface area contributed by atoms with E-state index >= 15 is 0 Å². The molecule has 2 aromatic rings. The first kappa shape index (κ1) is 20.5. The molecule has 0 saturated carbocycles. The number of piperidine rings is 1. The van der Waals surface area contributed by atoms with Gasteiger partial charge >= 0.3 is 0 Å². The van der Waals surface area contributed by atoms with Crippen molar-refractivity contribution in [1.82, 2.24) is 15.2 Å². The van der Waals surface area contributed by atoms with Crippen molar-refractivity contribution in [2.75, 3.05) is 13.1 Å². The molecule has 28 heavy (non-hydrogen) atoms. The van der Waals surface area contributed by atoms with Gasteiger partial charge in [-0.3, -0.25) is 20.4 Å². The number of hydrogen-bond donors (Lipinski definition) is 2. The predicted octanol–water partition coefficient (Wildman–Crippen LogP) is 1.85. The molecule has 3 rings (SSSR count). The Balaban J connectivity index is 1.57. The molecule has 1 aromatic heterocycles. The van der Waals surface area contributed by atoms with Crippen molar-refractivity contribution in [3.8, 4) is 0 Å². The Morgan fingerprint density at radius 3 is 2.61 bits per heavy atom. The van der Waals surface area contributed by atoms with E-state index in [0.717, 1.165) is 10.4 Å². The van der Waals surface area contributed by atoms with Gasteiger partial charge in [0.25, 0.3) is 0 Å². The molecule has 9 heteroatoms. The minimum Gasteiger partial charge on any atom is -0.273 e. The average molecular weight is 422 g/mol. The molecule has 1 aliphatic heterocycles. The number of sulfonamides is 1. The van der Waals surface area contributed by atoms with Crippen LogP contribution in [0.4, 0.5) is 0 Å². The normalized spacial score (nSPS) is 17.8. The van der Waals surface area contributed by atoms with Gasteiger partial charge in [-0.1, -0.05) is 23.8 Å². The number of rotatable bonds is 5. The van der Waals surface area contributed by atoms with Crippen LogP contribution in [0.25, 0.3) is 0 Å². The molecule has 7 nitrogen and oxygen atoms in total. The number of thiophene rings is 1. The van der Waals surface area contributed by atoms with Gasteiger partial charge in [-0.05, 0) is 43.3 Å². The minimum absolute atomic E-state index is 0.100. The standard InChI is InChI=1S/C19H23N3O4S2/c1-14-6-8-17(9-7-14)28(25,26)22-10-2-4-15(13-22)19(24)21-20-18(23)12-16-5-3-11-27-16/h3,5-9,11,15H,2,4,10,12-13H2,1H3,(H,20,23)(H,21,24)/t15-/m0/s1. The van der Waals surface area contributed by atoms with Crippen LogP contribution in [0.5, 0.6) is 0 Å². The Kier molecular flexibility index (Phi) is 6.48. The molecule has 2 heterocycles. The van der Waals surface area contributed by atoms with Crippen LogP contribution < -0.4 is 10.9 Å². The highest BCUT2D eigenvalue weighted by Crippen LogP contribution is 2.24. The highest BCUT2D eigenvalue weighted by molar-refractivity contribution is 7.89. The molecule has 1 atom stereocenters. The second-order valence-electron chi connectivity index (χ2n) is 6.81. The lowest BCUT2D eigenvalue weighted by molar-refractivity contribution is -0.131. The van der Waals surface area contributed by atoms with Gasteiger partial charge in [-0.15, -0.1) is 11.3 Å². The molecule has 150 valence electrons. The third-order valence-corrected chi connectivity index (χ3v) is 7.41. The first-order valence-electron chi connectivity index (χ1n) is 9.04. The lowest BCUT2D eigenvalue weighted by atomic mass is 9.99. The maximum Gasteiger partial charge on any atom is 0.243 e. The molecule has 2 amide bonds. The smallest absolute Gasteiger partial charge is 0.243 e. The Morgan fingerprint density at radius 1 is 1.18 bits per heavy atom. The van der Waals surface area contributed by atoms with Crippen LogP contribution in [0.15, 0.2) is 46.7 Å². The number of nitrogens with one attached hydrogen (secondary N) is 2. The topological polar surface area (TPSA) is 95.6 Å². The fourth-order valence-corrected chi connectivity index (χ4v) is 5.31. The molecule has 0 aliphatic carbocycles. The molecule has 1 fully saturated rings. The summed E-state index contributed by atoms with van der Waals surface area (Å²) in [5.41, 5.74) is 5.82. The van der Waals surface area contributed by atoms with Crippen molar-refractivity contribution in [2.45, 2.75) is 31.1 Å². The summed E-state index contributed by atoms with van der Waals surface area (Å²) in [5, 5.41) is 1.88. The van der Waals surface area contributed by atoms with Crippen LogP contribution >= 0.6 is 11.3 Å². The quantitative estimate of drug-likeness (QED) is 0.720. The van der Waals surface area contributed by atoms with E-state index in [9.17, 15) is 18.0 Å². The number of hydrogen-bond acceptors (Lipinski definition) is 5. The number of carbonyl (C=O) groups is 2. The van der Waals surface area contributed by atoms with Gasteiger partial charge in [-0.2, -0.15) is 4.31 Å². The highest BCUT2D eigenvalue weighted by Gasteiger charge is 2.33. The van der Waals surface area contributed by atoms with E-state index in [0.29, 0.717) is 19.4 Å². The third kappa shape index (κ3) is 4.98. The van der Waals surface area contributed by atoms with Crippen LogP contribution in [-0.2, 0) is 26.0 Å². The lowest BCUT2D eigenvalue weighted by Crippen LogP contribution is -2.50. The lowest BCUT2D eigenvalue weighted by Gasteiger charge is -2.31. The monoisotopic (exact) mass is 421 g/mol. The fraction of sp³-hybridized carbons (Fsp3) is 0.368. The fourth-order valence-electron chi connectivity index (χ4n) is 3.08. The first-order valence-corrected chi connectivity index (χ1v) is 11.4. The summed E-state index contributed by atoms with van der Waals surface area (Å²) in [6, 6.07) is 10.4. The van der Waals surface area contributed by atoms with Gasteiger partial charge in [0.15, 0.2) is 0 Å². The average Bonchev–Trinajstić information content (AvgIpc) is 3.19. The number of aryl methyl sites for hydroxylation is 1. The molecule has 0 unspecified atom stereocenters. The number of benzene rings is 1. The highest BCUT2D eigenvalue weighted by atomic mass is 32.2. The molecule has 0 bridgehead atoms. The van der Waals surface area contributed by atoms with E-state index in [2.05, 4.69) is 10.9 Å². The van der Waals surface area contributed by atoms with Crippen molar-refractivity contribution in [3.63, 3.8) is 0 Å². The van der Waals surface area contributed by atoms with Gasteiger partial charge in [-0.25, -0.2) is 8.42 Å². The van der Waals surface area contributed by atoms with Crippen LogP contribution in [0.2, 0.25) is 0 Å². The van der Waals surface area contributed by atoms with E-state index in [1.54, 1.807) is 24.3 Å². The van der Waals surface area contributed by atoms with E-state index in [-0.39, 0.29) is 29.7 Å². The summed E-state index contributed by atoms with van der Waals surface area (Å²) < 4.78 is 27.0. The number of hydrazine groups is 1. The zero-order valence-corrected chi connectivity index (χ0v) is 17.2. The van der Waals surface area contributed by atoms with E-state index in [1.807, 2.05) is 24.4 Å². The van der Waals surface area contributed by atoms with Gasteiger partial charge in [0.2, 0.25) is 21.8 Å². The summed E-state index contributed by atoms with van der Waals surface area (Å²) in [6.07, 6.45) is 1.36. The molecule has 0 spiro atoms. The first-order chi connectivity index (χ1) is 13.4. The number of nitrogens with zero attached hydrogens (tertiary/aromatic N) is 1. The second-order valence-corrected chi connectivity index (χ2v) is 9.78. The zero-order valence-electron chi connectivity index (χ0n) is 15.6. The zero-order chi connectivity index (χ0) is 20.1. The maximum atomic E-state index is 12.8. The molecular weight excluding hydrogens is 398 g/mol. The van der Waals surface area contributed by atoms with Crippen LogP contribution in [-0.4, -0.2) is 37.6 Å². The predicted molar refractivity (Wildman–Crippen MR) is 107 cm³/mol. The number of amides is 2. The Bertz CT molecular complexity index is 925. The van der Waals surface area contributed by atoms with Gasteiger partial charge < -0.3 is 0 Å². The number of carbonyl (C=O) groups excluding carboxylic acids is 2. The van der Waals surface area contributed by atoms with E-state index in [1.165, 1.54) is 15.6 Å². The molecule has 1 saturated heterocycles. The van der Waals surface area contributed by atoms with Crippen LogP contribution in [0, 0.1) is 12.8 Å². The maximum absolute atomic E-state index is 12.8. The summed E-state index contributed by atoms with van der Waals surface area (Å²) in [5.74, 6) is -1.19. The minimum atomic E-state index is -3.64. The van der Waals surface area contributed by atoms with Crippen LogP contribution in [0.3, 0.4) is 0 Å². The van der Waals surface area contributed by atoms with Gasteiger partial charge in [0.1, 0.15) is 0 Å².